The highest BCUT2D eigenvalue weighted by molar-refractivity contribution is 4.77. The summed E-state index contributed by atoms with van der Waals surface area (Å²) >= 11 is 0. The Labute approximate surface area is 51.0 Å². The lowest BCUT2D eigenvalue weighted by Gasteiger charge is -2.19. The van der Waals surface area contributed by atoms with Gasteiger partial charge in [-0.15, -0.1) is 0 Å². The van der Waals surface area contributed by atoms with Crippen molar-refractivity contribution in [3.8, 4) is 0 Å². The van der Waals surface area contributed by atoms with Crippen LogP contribution in [0.25, 0.3) is 0 Å². The first-order valence-corrected chi connectivity index (χ1v) is 3.41. The molecule has 1 heterocycles. The fourth-order valence-corrected chi connectivity index (χ4v) is 1.12. The molecule has 1 saturated heterocycles. The molecule has 0 N–H and O–H groups in total. The van der Waals surface area contributed by atoms with Crippen LogP contribution in [0.1, 0.15) is 33.1 Å². The van der Waals surface area contributed by atoms with E-state index in [4.69, 9.17) is 4.74 Å². The summed E-state index contributed by atoms with van der Waals surface area (Å²) in [5.41, 5.74) is 0.236. The van der Waals surface area contributed by atoms with Gasteiger partial charge in [-0.3, -0.25) is 0 Å². The highest BCUT2D eigenvalue weighted by atomic mass is 16.5. The van der Waals surface area contributed by atoms with E-state index in [0.29, 0.717) is 0 Å². The molecule has 0 saturated carbocycles. The molecule has 1 aliphatic heterocycles. The van der Waals surface area contributed by atoms with Crippen molar-refractivity contribution in [2.24, 2.45) is 0 Å². The van der Waals surface area contributed by atoms with Gasteiger partial charge in [0.05, 0.1) is 5.60 Å². The minimum absolute atomic E-state index is 0.236. The van der Waals surface area contributed by atoms with E-state index < -0.39 is 0 Å². The van der Waals surface area contributed by atoms with Crippen molar-refractivity contribution >= 4 is 0 Å². The van der Waals surface area contributed by atoms with Crippen LogP contribution in [0, 0.1) is 0 Å². The molecule has 0 aromatic rings. The van der Waals surface area contributed by atoms with Gasteiger partial charge >= 0.3 is 0 Å². The number of ether oxygens (including phenoxy) is 1. The Balaban J connectivity index is 2.40. The molecule has 8 heavy (non-hydrogen) atoms. The van der Waals surface area contributed by atoms with Crippen LogP contribution in [-0.4, -0.2) is 12.2 Å². The van der Waals surface area contributed by atoms with E-state index in [1.807, 2.05) is 0 Å². The minimum Gasteiger partial charge on any atom is -0.375 e. The van der Waals surface area contributed by atoms with Crippen LogP contribution in [0.2, 0.25) is 0 Å². The summed E-state index contributed by atoms with van der Waals surface area (Å²) in [4.78, 5) is 0. The van der Waals surface area contributed by atoms with Crippen molar-refractivity contribution in [1.82, 2.24) is 0 Å². The van der Waals surface area contributed by atoms with Crippen molar-refractivity contribution in [1.29, 1.82) is 0 Å². The first-order valence-electron chi connectivity index (χ1n) is 3.41. The van der Waals surface area contributed by atoms with E-state index >= 15 is 0 Å². The molecule has 1 unspecified atom stereocenters. The van der Waals surface area contributed by atoms with E-state index in [9.17, 15) is 0 Å². The van der Waals surface area contributed by atoms with Gasteiger partial charge in [0.1, 0.15) is 0 Å². The van der Waals surface area contributed by atoms with Crippen LogP contribution < -0.4 is 0 Å². The van der Waals surface area contributed by atoms with Gasteiger partial charge in [0.2, 0.25) is 0 Å². The summed E-state index contributed by atoms with van der Waals surface area (Å²) in [5.74, 6) is 0. The zero-order chi connectivity index (χ0) is 6.04. The molecule has 48 valence electrons. The Hall–Kier alpha value is -0.0400. The second-order valence-corrected chi connectivity index (χ2v) is 2.76. The standard InChI is InChI=1S/C7H14O/c1-3-7(2)5-4-6-8-7/h3-6H2,1-2H3. The van der Waals surface area contributed by atoms with Crippen LogP contribution in [-0.2, 0) is 4.74 Å². The van der Waals surface area contributed by atoms with E-state index in [0.717, 1.165) is 13.0 Å². The lowest BCUT2D eigenvalue weighted by Crippen LogP contribution is -2.20. The molecule has 1 fully saturated rings. The van der Waals surface area contributed by atoms with E-state index in [1.165, 1.54) is 12.8 Å². The Morgan fingerprint density at radius 1 is 1.62 bits per heavy atom. The third-order valence-electron chi connectivity index (χ3n) is 2.05. The van der Waals surface area contributed by atoms with Crippen molar-refractivity contribution in [3.05, 3.63) is 0 Å². The summed E-state index contributed by atoms with van der Waals surface area (Å²) in [6.45, 7) is 5.36. The molecular formula is C7H14O. The topological polar surface area (TPSA) is 9.23 Å². The van der Waals surface area contributed by atoms with E-state index in [2.05, 4.69) is 13.8 Å². The molecule has 1 aliphatic rings. The van der Waals surface area contributed by atoms with E-state index in [-0.39, 0.29) is 5.60 Å². The van der Waals surface area contributed by atoms with Gasteiger partial charge in [-0.1, -0.05) is 6.92 Å². The molecule has 0 amide bonds. The van der Waals surface area contributed by atoms with Gasteiger partial charge in [-0.05, 0) is 26.2 Å². The normalized spacial score (nSPS) is 38.2. The third kappa shape index (κ3) is 1.03. The van der Waals surface area contributed by atoms with Crippen molar-refractivity contribution in [2.75, 3.05) is 6.61 Å². The first kappa shape index (κ1) is 6.09. The summed E-state index contributed by atoms with van der Waals surface area (Å²) in [6.07, 6.45) is 3.67. The largest absolute Gasteiger partial charge is 0.375 e. The average Bonchev–Trinajstić information content (AvgIpc) is 2.17. The maximum atomic E-state index is 5.49. The van der Waals surface area contributed by atoms with Gasteiger partial charge in [-0.2, -0.15) is 0 Å². The second-order valence-electron chi connectivity index (χ2n) is 2.76. The van der Waals surface area contributed by atoms with Crippen LogP contribution >= 0.6 is 0 Å². The van der Waals surface area contributed by atoms with Crippen LogP contribution in [0.3, 0.4) is 0 Å². The molecule has 1 rings (SSSR count). The fourth-order valence-electron chi connectivity index (χ4n) is 1.12. The fraction of sp³-hybridized carbons (Fsp3) is 1.00. The molecule has 0 aliphatic carbocycles. The third-order valence-corrected chi connectivity index (χ3v) is 2.05. The van der Waals surface area contributed by atoms with Gasteiger partial charge < -0.3 is 4.74 Å². The molecular weight excluding hydrogens is 100 g/mol. The molecule has 0 aromatic heterocycles. The maximum absolute atomic E-state index is 5.49. The van der Waals surface area contributed by atoms with Crippen molar-refractivity contribution in [2.45, 2.75) is 38.7 Å². The number of hydrogen-bond donors (Lipinski definition) is 0. The highest BCUT2D eigenvalue weighted by Crippen LogP contribution is 2.27. The zero-order valence-electron chi connectivity index (χ0n) is 5.74. The quantitative estimate of drug-likeness (QED) is 0.506. The van der Waals surface area contributed by atoms with Crippen molar-refractivity contribution in [3.63, 3.8) is 0 Å². The number of hydrogen-bond acceptors (Lipinski definition) is 1. The summed E-state index contributed by atoms with van der Waals surface area (Å²) < 4.78 is 5.49. The molecule has 0 radical (unpaired) electrons. The Morgan fingerprint density at radius 2 is 2.38 bits per heavy atom. The van der Waals surface area contributed by atoms with Gasteiger partial charge in [-0.25, -0.2) is 0 Å². The monoisotopic (exact) mass is 114 g/mol. The summed E-state index contributed by atoms with van der Waals surface area (Å²) in [5, 5.41) is 0. The highest BCUT2D eigenvalue weighted by Gasteiger charge is 2.26. The Morgan fingerprint density at radius 3 is 2.62 bits per heavy atom. The molecule has 1 heteroatoms. The summed E-state index contributed by atoms with van der Waals surface area (Å²) in [6, 6.07) is 0. The predicted molar refractivity (Wildman–Crippen MR) is 33.9 cm³/mol. The first-order chi connectivity index (χ1) is 3.77. The lowest BCUT2D eigenvalue weighted by molar-refractivity contribution is 0.0173. The molecule has 1 nitrogen and oxygen atoms in total. The molecule has 0 aromatic carbocycles. The Kier molecular flexibility index (Phi) is 1.57. The van der Waals surface area contributed by atoms with Gasteiger partial charge in [0.25, 0.3) is 0 Å². The van der Waals surface area contributed by atoms with E-state index in [1.54, 1.807) is 0 Å². The van der Waals surface area contributed by atoms with Crippen LogP contribution in [0.4, 0.5) is 0 Å². The van der Waals surface area contributed by atoms with Crippen LogP contribution in [0.5, 0.6) is 0 Å². The lowest BCUT2D eigenvalue weighted by atomic mass is 10.0. The van der Waals surface area contributed by atoms with Gasteiger partial charge in [0, 0.05) is 6.61 Å². The molecule has 1 atom stereocenters. The minimum atomic E-state index is 0.236. The summed E-state index contributed by atoms with van der Waals surface area (Å²) in [7, 11) is 0. The maximum Gasteiger partial charge on any atom is 0.0652 e. The smallest absolute Gasteiger partial charge is 0.0652 e. The second kappa shape index (κ2) is 2.06. The predicted octanol–water partition coefficient (Wildman–Crippen LogP) is 1.97. The molecule has 0 bridgehead atoms. The Bertz CT molecular complexity index is 72.5. The van der Waals surface area contributed by atoms with Crippen molar-refractivity contribution < 1.29 is 4.74 Å². The zero-order valence-corrected chi connectivity index (χ0v) is 5.74. The van der Waals surface area contributed by atoms with Crippen LogP contribution in [0.15, 0.2) is 0 Å². The molecule has 0 spiro atoms. The SMILES string of the molecule is CCC1(C)CCCO1. The van der Waals surface area contributed by atoms with Gasteiger partial charge in [0.15, 0.2) is 0 Å². The number of rotatable bonds is 1. The average molecular weight is 114 g/mol.